The van der Waals surface area contributed by atoms with E-state index in [2.05, 4.69) is 56.1 Å². The van der Waals surface area contributed by atoms with Crippen LogP contribution >= 0.6 is 0 Å². The second-order valence-corrected chi connectivity index (χ2v) is 8.03. The van der Waals surface area contributed by atoms with Crippen LogP contribution in [-0.4, -0.2) is 33.9 Å². The van der Waals surface area contributed by atoms with Crippen LogP contribution in [-0.2, 0) is 12.1 Å². The molecule has 2 aromatic carbocycles. The van der Waals surface area contributed by atoms with Crippen molar-refractivity contribution in [3.05, 3.63) is 60.3 Å². The molecular formula is C22H27N3O. The minimum Gasteiger partial charge on any atom is -0.508 e. The molecule has 4 heteroatoms. The van der Waals surface area contributed by atoms with Gasteiger partial charge in [0, 0.05) is 17.3 Å². The molecule has 3 aromatic rings. The molecule has 26 heavy (non-hydrogen) atoms. The molecule has 1 heterocycles. The molecule has 0 radical (unpaired) electrons. The maximum atomic E-state index is 9.87. The van der Waals surface area contributed by atoms with Crippen molar-refractivity contribution in [1.29, 1.82) is 0 Å². The summed E-state index contributed by atoms with van der Waals surface area (Å²) in [6, 6.07) is 16.0. The molecule has 0 aliphatic carbocycles. The lowest BCUT2D eigenvalue weighted by atomic mass is 9.86. The van der Waals surface area contributed by atoms with Gasteiger partial charge in [0.2, 0.25) is 0 Å². The summed E-state index contributed by atoms with van der Waals surface area (Å²) in [5.41, 5.74) is 5.42. The molecule has 4 nitrogen and oxygen atoms in total. The molecule has 0 spiro atoms. The van der Waals surface area contributed by atoms with Crippen LogP contribution in [0.15, 0.2) is 54.7 Å². The Balaban J connectivity index is 2.08. The van der Waals surface area contributed by atoms with Gasteiger partial charge in [-0.1, -0.05) is 57.2 Å². The standard InChI is InChI=1S/C22H27N3O/c1-22(2,3)18-11-9-16(10-12-18)20-14-25(15-24(4)5)23-21(20)17-7-6-8-19(26)13-17/h6-14,26H,15H2,1-5H3. The highest BCUT2D eigenvalue weighted by Crippen LogP contribution is 2.33. The minimum atomic E-state index is 0.127. The van der Waals surface area contributed by atoms with Crippen molar-refractivity contribution in [1.82, 2.24) is 14.7 Å². The fraction of sp³-hybridized carbons (Fsp3) is 0.318. The number of rotatable bonds is 4. The summed E-state index contributed by atoms with van der Waals surface area (Å²) >= 11 is 0. The Morgan fingerprint density at radius 1 is 1.00 bits per heavy atom. The first-order valence-electron chi connectivity index (χ1n) is 8.86. The molecule has 1 N–H and O–H groups in total. The molecule has 0 unspecified atom stereocenters. The first-order valence-corrected chi connectivity index (χ1v) is 8.86. The zero-order valence-corrected chi connectivity index (χ0v) is 16.2. The highest BCUT2D eigenvalue weighted by atomic mass is 16.3. The molecule has 0 aliphatic heterocycles. The van der Waals surface area contributed by atoms with E-state index >= 15 is 0 Å². The van der Waals surface area contributed by atoms with Gasteiger partial charge in [0.15, 0.2) is 0 Å². The van der Waals surface area contributed by atoms with Crippen molar-refractivity contribution < 1.29 is 5.11 Å². The third kappa shape index (κ3) is 3.97. The quantitative estimate of drug-likeness (QED) is 0.740. The van der Waals surface area contributed by atoms with Crippen molar-refractivity contribution in [2.24, 2.45) is 0 Å². The van der Waals surface area contributed by atoms with E-state index in [1.54, 1.807) is 12.1 Å². The van der Waals surface area contributed by atoms with Gasteiger partial charge in [-0.15, -0.1) is 0 Å². The van der Waals surface area contributed by atoms with E-state index in [1.807, 2.05) is 30.9 Å². The van der Waals surface area contributed by atoms with Crippen molar-refractivity contribution >= 4 is 0 Å². The summed E-state index contributed by atoms with van der Waals surface area (Å²) in [4.78, 5) is 2.08. The first-order chi connectivity index (χ1) is 12.2. The zero-order valence-electron chi connectivity index (χ0n) is 16.2. The number of hydrogen-bond acceptors (Lipinski definition) is 3. The molecule has 0 saturated heterocycles. The highest BCUT2D eigenvalue weighted by Gasteiger charge is 2.16. The molecule has 0 atom stereocenters. The summed E-state index contributed by atoms with van der Waals surface area (Å²) < 4.78 is 1.94. The molecule has 0 aliphatic rings. The molecular weight excluding hydrogens is 322 g/mol. The van der Waals surface area contributed by atoms with Crippen molar-refractivity contribution in [2.75, 3.05) is 14.1 Å². The highest BCUT2D eigenvalue weighted by molar-refractivity contribution is 5.81. The summed E-state index contributed by atoms with van der Waals surface area (Å²) in [6.45, 7) is 7.35. The Kier molecular flexibility index (Phi) is 4.88. The SMILES string of the molecule is CN(C)Cn1cc(-c2ccc(C(C)(C)C)cc2)c(-c2cccc(O)c2)n1. The predicted octanol–water partition coefficient (Wildman–Crippen LogP) is 4.74. The van der Waals surface area contributed by atoms with Crippen molar-refractivity contribution in [2.45, 2.75) is 32.9 Å². The van der Waals surface area contributed by atoms with Gasteiger partial charge < -0.3 is 5.11 Å². The molecule has 0 bridgehead atoms. The predicted molar refractivity (Wildman–Crippen MR) is 107 cm³/mol. The summed E-state index contributed by atoms with van der Waals surface area (Å²) in [5, 5.41) is 14.6. The second-order valence-electron chi connectivity index (χ2n) is 8.03. The van der Waals surface area contributed by atoms with Gasteiger partial charge in [0.1, 0.15) is 11.4 Å². The van der Waals surface area contributed by atoms with Gasteiger partial charge >= 0.3 is 0 Å². The first kappa shape index (κ1) is 18.2. The average molecular weight is 349 g/mol. The van der Waals surface area contributed by atoms with Crippen LogP contribution in [0.3, 0.4) is 0 Å². The zero-order chi connectivity index (χ0) is 18.9. The molecule has 1 aromatic heterocycles. The molecule has 0 fully saturated rings. The smallest absolute Gasteiger partial charge is 0.116 e. The lowest BCUT2D eigenvalue weighted by Gasteiger charge is -2.19. The third-order valence-electron chi connectivity index (χ3n) is 4.37. The third-order valence-corrected chi connectivity index (χ3v) is 4.37. The topological polar surface area (TPSA) is 41.3 Å². The molecule has 0 amide bonds. The van der Waals surface area contributed by atoms with E-state index in [0.29, 0.717) is 6.67 Å². The van der Waals surface area contributed by atoms with Crippen LogP contribution in [0.2, 0.25) is 0 Å². The van der Waals surface area contributed by atoms with Gasteiger partial charge in [0.05, 0.1) is 6.67 Å². The average Bonchev–Trinajstić information content (AvgIpc) is 2.97. The number of phenolic OH excluding ortho intramolecular Hbond substituents is 1. The van der Waals surface area contributed by atoms with Crippen LogP contribution in [0.25, 0.3) is 22.4 Å². The van der Waals surface area contributed by atoms with Gasteiger partial charge in [0.25, 0.3) is 0 Å². The van der Waals surface area contributed by atoms with E-state index in [0.717, 1.165) is 22.4 Å². The molecule has 136 valence electrons. The minimum absolute atomic E-state index is 0.127. The van der Waals surface area contributed by atoms with Gasteiger partial charge in [-0.3, -0.25) is 9.58 Å². The Hall–Kier alpha value is -2.59. The number of phenols is 1. The molecule has 3 rings (SSSR count). The maximum absolute atomic E-state index is 9.87. The Morgan fingerprint density at radius 2 is 1.69 bits per heavy atom. The number of benzene rings is 2. The van der Waals surface area contributed by atoms with Crippen LogP contribution in [0.4, 0.5) is 0 Å². The van der Waals surface area contributed by atoms with Gasteiger partial charge in [-0.25, -0.2) is 0 Å². The largest absolute Gasteiger partial charge is 0.508 e. The number of hydrogen-bond donors (Lipinski definition) is 1. The molecule has 0 saturated carbocycles. The monoisotopic (exact) mass is 349 g/mol. The summed E-state index contributed by atoms with van der Waals surface area (Å²) in [5.74, 6) is 0.249. The lowest BCUT2D eigenvalue weighted by molar-refractivity contribution is 0.307. The normalized spacial score (nSPS) is 11.9. The van der Waals surface area contributed by atoms with E-state index < -0.39 is 0 Å². The van der Waals surface area contributed by atoms with Crippen LogP contribution < -0.4 is 0 Å². The fourth-order valence-electron chi connectivity index (χ4n) is 3.01. The van der Waals surface area contributed by atoms with Crippen LogP contribution in [0.1, 0.15) is 26.3 Å². The van der Waals surface area contributed by atoms with Crippen LogP contribution in [0, 0.1) is 0 Å². The van der Waals surface area contributed by atoms with Crippen LogP contribution in [0.5, 0.6) is 5.75 Å². The Morgan fingerprint density at radius 3 is 2.27 bits per heavy atom. The maximum Gasteiger partial charge on any atom is 0.116 e. The van der Waals surface area contributed by atoms with E-state index in [4.69, 9.17) is 5.10 Å². The fourth-order valence-corrected chi connectivity index (χ4v) is 3.01. The van der Waals surface area contributed by atoms with Crippen molar-refractivity contribution in [3.63, 3.8) is 0 Å². The number of nitrogens with zero attached hydrogens (tertiary/aromatic N) is 3. The van der Waals surface area contributed by atoms with E-state index in [-0.39, 0.29) is 11.2 Å². The van der Waals surface area contributed by atoms with Gasteiger partial charge in [-0.2, -0.15) is 5.10 Å². The second kappa shape index (κ2) is 6.96. The Bertz CT molecular complexity index is 886. The number of aromatic nitrogens is 2. The number of aromatic hydroxyl groups is 1. The summed E-state index contributed by atoms with van der Waals surface area (Å²) in [6.07, 6.45) is 2.07. The van der Waals surface area contributed by atoms with Crippen molar-refractivity contribution in [3.8, 4) is 28.1 Å². The van der Waals surface area contributed by atoms with E-state index in [9.17, 15) is 5.11 Å². The summed E-state index contributed by atoms with van der Waals surface area (Å²) in [7, 11) is 4.04. The van der Waals surface area contributed by atoms with E-state index in [1.165, 1.54) is 5.56 Å². The Labute approximate surface area is 155 Å². The van der Waals surface area contributed by atoms with Gasteiger partial charge in [-0.05, 0) is 42.8 Å². The lowest BCUT2D eigenvalue weighted by Crippen LogP contribution is -2.17.